The number of aliphatic carboxylic acids is 1. The zero-order valence-corrected chi connectivity index (χ0v) is 10.3. The van der Waals surface area contributed by atoms with E-state index in [-0.39, 0.29) is 11.5 Å². The van der Waals surface area contributed by atoms with Crippen LogP contribution in [0.1, 0.15) is 25.2 Å². The summed E-state index contributed by atoms with van der Waals surface area (Å²) in [6.45, 7) is 4.66. The molecule has 0 radical (unpaired) electrons. The highest BCUT2D eigenvalue weighted by molar-refractivity contribution is 7.84. The quantitative estimate of drug-likeness (QED) is 0.803. The molecule has 1 rings (SSSR count). The van der Waals surface area contributed by atoms with Crippen molar-refractivity contribution < 1.29 is 14.1 Å². The van der Waals surface area contributed by atoms with Crippen molar-refractivity contribution in [2.24, 2.45) is 0 Å². The van der Waals surface area contributed by atoms with E-state index in [9.17, 15) is 9.00 Å². The fraction of sp³-hybridized carbons (Fsp3) is 0.600. The molecule has 16 heavy (non-hydrogen) atoms. The van der Waals surface area contributed by atoms with Crippen LogP contribution >= 0.6 is 0 Å². The van der Waals surface area contributed by atoms with Crippen LogP contribution in [0.4, 0.5) is 0 Å². The summed E-state index contributed by atoms with van der Waals surface area (Å²) < 4.78 is 13.3. The van der Waals surface area contributed by atoms with Gasteiger partial charge in [0.05, 0.1) is 17.1 Å². The Bertz CT molecular complexity index is 401. The molecule has 6 heteroatoms. The number of carbonyl (C=O) groups is 1. The van der Waals surface area contributed by atoms with Gasteiger partial charge < -0.3 is 5.11 Å². The molecule has 0 bridgehead atoms. The molecular weight excluding hydrogens is 228 g/mol. The van der Waals surface area contributed by atoms with Gasteiger partial charge in [0.2, 0.25) is 0 Å². The van der Waals surface area contributed by atoms with E-state index in [4.69, 9.17) is 5.11 Å². The Hall–Kier alpha value is -1.17. The molecule has 1 aromatic rings. The Morgan fingerprint density at radius 1 is 1.56 bits per heavy atom. The van der Waals surface area contributed by atoms with Gasteiger partial charge in [-0.05, 0) is 19.4 Å². The Balaban J connectivity index is 2.75. The van der Waals surface area contributed by atoms with E-state index in [1.807, 2.05) is 19.9 Å². The highest BCUT2D eigenvalue weighted by Crippen LogP contribution is 2.08. The summed E-state index contributed by atoms with van der Waals surface area (Å²) in [6.07, 6.45) is 0.825. The number of carboxylic acids is 1. The van der Waals surface area contributed by atoms with Crippen molar-refractivity contribution in [3.63, 3.8) is 0 Å². The molecule has 0 aliphatic heterocycles. The van der Waals surface area contributed by atoms with E-state index < -0.39 is 16.8 Å². The van der Waals surface area contributed by atoms with Gasteiger partial charge in [-0.1, -0.05) is 6.92 Å². The molecule has 0 saturated heterocycles. The second kappa shape index (κ2) is 5.79. The average Bonchev–Trinajstić information content (AvgIpc) is 2.59. The lowest BCUT2D eigenvalue weighted by Gasteiger charge is -2.02. The molecule has 0 fully saturated rings. The summed E-state index contributed by atoms with van der Waals surface area (Å²) in [7, 11) is -1.36. The molecule has 0 aliphatic rings. The lowest BCUT2D eigenvalue weighted by molar-refractivity contribution is -0.133. The van der Waals surface area contributed by atoms with Crippen LogP contribution < -0.4 is 0 Å². The Kier molecular flexibility index (Phi) is 4.67. The van der Waals surface area contributed by atoms with Crippen molar-refractivity contribution in [3.8, 4) is 0 Å². The van der Waals surface area contributed by atoms with Crippen LogP contribution in [-0.2, 0) is 34.3 Å². The fourth-order valence-electron chi connectivity index (χ4n) is 1.43. The van der Waals surface area contributed by atoms with Crippen LogP contribution in [-0.4, -0.2) is 30.8 Å². The topological polar surface area (TPSA) is 72.2 Å². The number of rotatable bonds is 6. The normalized spacial score (nSPS) is 12.6. The van der Waals surface area contributed by atoms with E-state index in [1.165, 1.54) is 0 Å². The average molecular weight is 244 g/mol. The third kappa shape index (κ3) is 3.44. The van der Waals surface area contributed by atoms with E-state index in [0.717, 1.165) is 17.8 Å². The van der Waals surface area contributed by atoms with Crippen LogP contribution in [0.15, 0.2) is 6.07 Å². The number of hydrogen-bond donors (Lipinski definition) is 1. The third-order valence-corrected chi connectivity index (χ3v) is 3.36. The SMILES string of the molecule is CCc1cc(CS(=O)CC(=O)O)n(CC)n1. The molecule has 1 unspecified atom stereocenters. The first kappa shape index (κ1) is 12.9. The Morgan fingerprint density at radius 2 is 2.25 bits per heavy atom. The summed E-state index contributed by atoms with van der Waals surface area (Å²) in [4.78, 5) is 10.4. The summed E-state index contributed by atoms with van der Waals surface area (Å²) >= 11 is 0. The molecule has 1 heterocycles. The summed E-state index contributed by atoms with van der Waals surface area (Å²) in [5.41, 5.74) is 1.79. The minimum absolute atomic E-state index is 0.257. The van der Waals surface area contributed by atoms with Gasteiger partial charge >= 0.3 is 5.97 Å². The molecule has 0 spiro atoms. The number of hydrogen-bond acceptors (Lipinski definition) is 3. The van der Waals surface area contributed by atoms with Crippen molar-refractivity contribution in [2.75, 3.05) is 5.75 Å². The Morgan fingerprint density at radius 3 is 2.75 bits per heavy atom. The van der Waals surface area contributed by atoms with Gasteiger partial charge in [-0.2, -0.15) is 5.10 Å². The van der Waals surface area contributed by atoms with Crippen LogP contribution in [0, 0.1) is 0 Å². The Labute approximate surface area is 96.9 Å². The number of aromatic nitrogens is 2. The molecule has 1 N–H and O–H groups in total. The monoisotopic (exact) mass is 244 g/mol. The summed E-state index contributed by atoms with van der Waals surface area (Å²) in [5.74, 6) is -1.08. The molecule has 0 aromatic carbocycles. The molecule has 0 saturated carbocycles. The maximum absolute atomic E-state index is 11.5. The van der Waals surface area contributed by atoms with Gasteiger partial charge in [0.15, 0.2) is 0 Å². The van der Waals surface area contributed by atoms with Crippen LogP contribution in [0.5, 0.6) is 0 Å². The number of aryl methyl sites for hydroxylation is 2. The van der Waals surface area contributed by atoms with E-state index in [0.29, 0.717) is 6.54 Å². The third-order valence-electron chi connectivity index (χ3n) is 2.17. The minimum atomic E-state index is -1.36. The van der Waals surface area contributed by atoms with Crippen molar-refractivity contribution in [2.45, 2.75) is 32.6 Å². The first-order valence-corrected chi connectivity index (χ1v) is 6.68. The summed E-state index contributed by atoms with van der Waals surface area (Å²) in [6, 6.07) is 1.89. The number of nitrogens with zero attached hydrogens (tertiary/aromatic N) is 2. The maximum atomic E-state index is 11.5. The highest BCUT2D eigenvalue weighted by Gasteiger charge is 2.11. The van der Waals surface area contributed by atoms with Crippen LogP contribution in [0.3, 0.4) is 0 Å². The van der Waals surface area contributed by atoms with Gasteiger partial charge in [0.25, 0.3) is 0 Å². The van der Waals surface area contributed by atoms with Crippen molar-refractivity contribution in [3.05, 3.63) is 17.5 Å². The predicted octanol–water partition coefficient (Wildman–Crippen LogP) is 0.799. The van der Waals surface area contributed by atoms with E-state index >= 15 is 0 Å². The molecule has 1 aromatic heterocycles. The standard InChI is InChI=1S/C10H16N2O3S/c1-3-8-5-9(12(4-2)11-8)6-16(15)7-10(13)14/h5H,3-4,6-7H2,1-2H3,(H,13,14). The van der Waals surface area contributed by atoms with Crippen molar-refractivity contribution in [1.82, 2.24) is 9.78 Å². The molecular formula is C10H16N2O3S. The van der Waals surface area contributed by atoms with Gasteiger partial charge in [-0.25, -0.2) is 0 Å². The largest absolute Gasteiger partial charge is 0.481 e. The predicted molar refractivity (Wildman–Crippen MR) is 61.6 cm³/mol. The molecule has 0 amide bonds. The highest BCUT2D eigenvalue weighted by atomic mass is 32.2. The first-order valence-electron chi connectivity index (χ1n) is 5.19. The van der Waals surface area contributed by atoms with Gasteiger partial charge in [-0.15, -0.1) is 0 Å². The molecule has 5 nitrogen and oxygen atoms in total. The van der Waals surface area contributed by atoms with E-state index in [2.05, 4.69) is 5.10 Å². The second-order valence-corrected chi connectivity index (χ2v) is 4.88. The van der Waals surface area contributed by atoms with Crippen molar-refractivity contribution in [1.29, 1.82) is 0 Å². The lowest BCUT2D eigenvalue weighted by atomic mass is 10.3. The van der Waals surface area contributed by atoms with Crippen molar-refractivity contribution >= 4 is 16.8 Å². The van der Waals surface area contributed by atoms with Crippen LogP contribution in [0.2, 0.25) is 0 Å². The zero-order chi connectivity index (χ0) is 12.1. The minimum Gasteiger partial charge on any atom is -0.481 e. The van der Waals surface area contributed by atoms with E-state index in [1.54, 1.807) is 4.68 Å². The van der Waals surface area contributed by atoms with Gasteiger partial charge in [0.1, 0.15) is 5.75 Å². The maximum Gasteiger partial charge on any atom is 0.316 e. The molecule has 90 valence electrons. The molecule has 0 aliphatic carbocycles. The number of carboxylic acid groups (broad SMARTS) is 1. The zero-order valence-electron chi connectivity index (χ0n) is 9.47. The van der Waals surface area contributed by atoms with Gasteiger partial charge in [0, 0.05) is 17.3 Å². The van der Waals surface area contributed by atoms with Crippen LogP contribution in [0.25, 0.3) is 0 Å². The lowest BCUT2D eigenvalue weighted by Crippen LogP contribution is -2.13. The second-order valence-electron chi connectivity index (χ2n) is 3.42. The van der Waals surface area contributed by atoms with Gasteiger partial charge in [-0.3, -0.25) is 13.7 Å². The summed E-state index contributed by atoms with van der Waals surface area (Å²) in [5, 5.41) is 12.8. The fourth-order valence-corrected chi connectivity index (χ4v) is 2.37. The first-order chi connectivity index (χ1) is 7.56. The smallest absolute Gasteiger partial charge is 0.316 e. The molecule has 1 atom stereocenters.